The van der Waals surface area contributed by atoms with E-state index in [1.54, 1.807) is 7.11 Å². The van der Waals surface area contributed by atoms with Gasteiger partial charge in [0.05, 0.1) is 13.7 Å². The van der Waals surface area contributed by atoms with Gasteiger partial charge in [0.15, 0.2) is 11.5 Å². The van der Waals surface area contributed by atoms with Crippen molar-refractivity contribution in [3.05, 3.63) is 48.0 Å². The molecule has 0 aliphatic carbocycles. The molecule has 0 fully saturated rings. The van der Waals surface area contributed by atoms with Gasteiger partial charge in [0, 0.05) is 11.3 Å². The van der Waals surface area contributed by atoms with Crippen molar-refractivity contribution in [2.45, 2.75) is 13.5 Å². The van der Waals surface area contributed by atoms with Crippen molar-refractivity contribution in [2.24, 2.45) is 0 Å². The maximum Gasteiger partial charge on any atom is 0.161 e. The van der Waals surface area contributed by atoms with Crippen LogP contribution in [0.2, 0.25) is 0 Å². The third-order valence-corrected chi connectivity index (χ3v) is 2.84. The first-order valence-electron chi connectivity index (χ1n) is 6.51. The van der Waals surface area contributed by atoms with Gasteiger partial charge in [-0.25, -0.2) is 0 Å². The Hall–Kier alpha value is -2.36. The summed E-state index contributed by atoms with van der Waals surface area (Å²) in [4.78, 5) is 0. The molecule has 20 heavy (non-hydrogen) atoms. The molecule has 106 valence electrons. The molecule has 2 rings (SSSR count). The molecule has 0 aromatic heterocycles. The van der Waals surface area contributed by atoms with Crippen molar-refractivity contribution in [1.29, 1.82) is 0 Å². The summed E-state index contributed by atoms with van der Waals surface area (Å²) in [5, 5.41) is 0. The normalized spacial score (nSPS) is 10.1. The summed E-state index contributed by atoms with van der Waals surface area (Å²) in [6.07, 6.45) is 0. The van der Waals surface area contributed by atoms with E-state index in [0.717, 1.165) is 11.3 Å². The van der Waals surface area contributed by atoms with Crippen molar-refractivity contribution < 1.29 is 14.2 Å². The second-order valence-corrected chi connectivity index (χ2v) is 4.24. The molecule has 0 bridgehead atoms. The minimum Gasteiger partial charge on any atom is -0.493 e. The zero-order valence-corrected chi connectivity index (χ0v) is 11.8. The van der Waals surface area contributed by atoms with Crippen molar-refractivity contribution in [1.82, 2.24) is 0 Å². The second-order valence-electron chi connectivity index (χ2n) is 4.24. The SMILES string of the molecule is CCOc1ccc(N)cc1COc1ccccc1OC. The maximum absolute atomic E-state index is 5.81. The van der Waals surface area contributed by atoms with Gasteiger partial charge in [0.1, 0.15) is 12.4 Å². The highest BCUT2D eigenvalue weighted by Gasteiger charge is 2.07. The minimum atomic E-state index is 0.376. The van der Waals surface area contributed by atoms with Crippen LogP contribution in [-0.4, -0.2) is 13.7 Å². The number of nitrogen functional groups attached to an aromatic ring is 1. The van der Waals surface area contributed by atoms with Gasteiger partial charge in [-0.3, -0.25) is 0 Å². The number of hydrogen-bond acceptors (Lipinski definition) is 4. The van der Waals surface area contributed by atoms with Crippen LogP contribution in [0.5, 0.6) is 17.2 Å². The molecule has 2 N–H and O–H groups in total. The van der Waals surface area contributed by atoms with Crippen LogP contribution in [0.4, 0.5) is 5.69 Å². The van der Waals surface area contributed by atoms with Gasteiger partial charge in [-0.2, -0.15) is 0 Å². The number of para-hydroxylation sites is 2. The van der Waals surface area contributed by atoms with E-state index >= 15 is 0 Å². The molecule has 0 amide bonds. The highest BCUT2D eigenvalue weighted by atomic mass is 16.5. The first-order valence-corrected chi connectivity index (χ1v) is 6.51. The molecule has 0 atom stereocenters. The van der Waals surface area contributed by atoms with E-state index in [9.17, 15) is 0 Å². The molecule has 4 nitrogen and oxygen atoms in total. The van der Waals surface area contributed by atoms with E-state index in [1.165, 1.54) is 0 Å². The fourth-order valence-electron chi connectivity index (χ4n) is 1.90. The summed E-state index contributed by atoms with van der Waals surface area (Å²) in [5.41, 5.74) is 7.41. The van der Waals surface area contributed by atoms with Crippen LogP contribution in [-0.2, 0) is 6.61 Å². The van der Waals surface area contributed by atoms with Crippen LogP contribution in [0, 0.1) is 0 Å². The lowest BCUT2D eigenvalue weighted by atomic mass is 10.2. The van der Waals surface area contributed by atoms with Crippen LogP contribution in [0.1, 0.15) is 12.5 Å². The molecule has 0 unspecified atom stereocenters. The molecule has 0 saturated heterocycles. The molecule has 0 radical (unpaired) electrons. The van der Waals surface area contributed by atoms with Crippen LogP contribution in [0.25, 0.3) is 0 Å². The first-order chi connectivity index (χ1) is 9.74. The molecule has 0 heterocycles. The highest BCUT2D eigenvalue weighted by molar-refractivity contribution is 5.48. The lowest BCUT2D eigenvalue weighted by Crippen LogP contribution is -2.03. The largest absolute Gasteiger partial charge is 0.493 e. The number of benzene rings is 2. The Labute approximate surface area is 119 Å². The zero-order valence-electron chi connectivity index (χ0n) is 11.8. The number of anilines is 1. The Kier molecular flexibility index (Phi) is 4.71. The van der Waals surface area contributed by atoms with Crippen molar-refractivity contribution in [2.75, 3.05) is 19.5 Å². The summed E-state index contributed by atoms with van der Waals surface area (Å²) in [7, 11) is 1.62. The summed E-state index contributed by atoms with van der Waals surface area (Å²) < 4.78 is 16.6. The van der Waals surface area contributed by atoms with Gasteiger partial charge in [-0.1, -0.05) is 12.1 Å². The Morgan fingerprint density at radius 3 is 2.40 bits per heavy atom. The quantitative estimate of drug-likeness (QED) is 0.821. The van der Waals surface area contributed by atoms with Crippen LogP contribution in [0.3, 0.4) is 0 Å². The molecule has 0 saturated carbocycles. The number of nitrogens with two attached hydrogens (primary N) is 1. The van der Waals surface area contributed by atoms with Crippen molar-refractivity contribution in [3.8, 4) is 17.2 Å². The third-order valence-electron chi connectivity index (χ3n) is 2.84. The van der Waals surface area contributed by atoms with Crippen molar-refractivity contribution >= 4 is 5.69 Å². The van der Waals surface area contributed by atoms with Crippen molar-refractivity contribution in [3.63, 3.8) is 0 Å². The summed E-state index contributed by atoms with van der Waals surface area (Å²) in [6.45, 7) is 2.92. The molecular weight excluding hydrogens is 254 g/mol. The van der Waals surface area contributed by atoms with E-state index in [2.05, 4.69) is 0 Å². The Morgan fingerprint density at radius 2 is 1.70 bits per heavy atom. The average molecular weight is 273 g/mol. The molecule has 0 aliphatic heterocycles. The van der Waals surface area contributed by atoms with Crippen LogP contribution in [0.15, 0.2) is 42.5 Å². The average Bonchev–Trinajstić information content (AvgIpc) is 2.48. The fraction of sp³-hybridized carbons (Fsp3) is 0.250. The molecule has 2 aromatic rings. The smallest absolute Gasteiger partial charge is 0.161 e. The van der Waals surface area contributed by atoms with Gasteiger partial charge < -0.3 is 19.9 Å². The van der Waals surface area contributed by atoms with Gasteiger partial charge in [-0.15, -0.1) is 0 Å². The topological polar surface area (TPSA) is 53.7 Å². The van der Waals surface area contributed by atoms with Crippen LogP contribution < -0.4 is 19.9 Å². The van der Waals surface area contributed by atoms with E-state index < -0.39 is 0 Å². The number of rotatable bonds is 6. The predicted octanol–water partition coefficient (Wildman–Crippen LogP) is 3.26. The van der Waals surface area contributed by atoms with E-state index in [1.807, 2.05) is 49.4 Å². The molecule has 2 aromatic carbocycles. The highest BCUT2D eigenvalue weighted by Crippen LogP contribution is 2.28. The number of methoxy groups -OCH3 is 1. The van der Waals surface area contributed by atoms with E-state index in [4.69, 9.17) is 19.9 Å². The third kappa shape index (κ3) is 3.35. The van der Waals surface area contributed by atoms with Crippen LogP contribution >= 0.6 is 0 Å². The molecule has 4 heteroatoms. The number of ether oxygens (including phenoxy) is 3. The fourth-order valence-corrected chi connectivity index (χ4v) is 1.90. The maximum atomic E-state index is 5.81. The monoisotopic (exact) mass is 273 g/mol. The summed E-state index contributed by atoms with van der Waals surface area (Å²) in [5.74, 6) is 2.19. The Bertz CT molecular complexity index is 569. The predicted molar refractivity (Wildman–Crippen MR) is 79.3 cm³/mol. The van der Waals surface area contributed by atoms with Gasteiger partial charge >= 0.3 is 0 Å². The minimum absolute atomic E-state index is 0.376. The first kappa shape index (κ1) is 14.1. The number of hydrogen-bond donors (Lipinski definition) is 1. The van der Waals surface area contributed by atoms with Gasteiger partial charge in [0.25, 0.3) is 0 Å². The second kappa shape index (κ2) is 6.70. The van der Waals surface area contributed by atoms with Gasteiger partial charge in [-0.05, 0) is 37.3 Å². The summed E-state index contributed by atoms with van der Waals surface area (Å²) >= 11 is 0. The molecule has 0 aliphatic rings. The Morgan fingerprint density at radius 1 is 0.950 bits per heavy atom. The lowest BCUT2D eigenvalue weighted by molar-refractivity contribution is 0.272. The van der Waals surface area contributed by atoms with Gasteiger partial charge in [0.2, 0.25) is 0 Å². The molecular formula is C16H19NO3. The zero-order chi connectivity index (χ0) is 14.4. The standard InChI is InChI=1S/C16H19NO3/c1-3-19-14-9-8-13(17)10-12(14)11-20-16-7-5-4-6-15(16)18-2/h4-10H,3,11,17H2,1-2H3. The molecule has 0 spiro atoms. The summed E-state index contributed by atoms with van der Waals surface area (Å²) in [6, 6.07) is 13.1. The Balaban J connectivity index is 2.15. The van der Waals surface area contributed by atoms with E-state index in [0.29, 0.717) is 30.4 Å². The lowest BCUT2D eigenvalue weighted by Gasteiger charge is -2.13. The van der Waals surface area contributed by atoms with E-state index in [-0.39, 0.29) is 0 Å².